The summed E-state index contributed by atoms with van der Waals surface area (Å²) in [5.74, 6) is 13.5. The van der Waals surface area contributed by atoms with Gasteiger partial charge in [0, 0.05) is 0 Å². The molecule has 7 heteroatoms. The third kappa shape index (κ3) is 54.6. The van der Waals surface area contributed by atoms with Crippen LogP contribution in [0, 0.1) is 107 Å². The first-order chi connectivity index (χ1) is 59.8. The standard InChI is InChI=1S/C120H236O7/c1-91(2)49-31-55-97(13)61-37-67-103(19)73-43-85-115(25,122)110-81-82-111(123-110)119(29,89-47-77-107(23)71-41-65-101(17)59-35-53-95(9)10)127-120(30,90-48-78-108(24)72-42-66-102(18)60-36-54-96(11)12)113-84-83-112(124-113)118(28,88-46-76-106(22)70-40-64-100(16)58-34-52-94(7)8)126-116(26,86-44-74-104(20)68-38-62-98(14)56-32-50-92(3)4)109(121)79-80-114-117(27,125-114)87-45-75-105(21)69-39-63-99(15)57-33-51-93(5)6/h91-114,121-122H,31-90H2,1-30H3. The molecule has 3 aliphatic rings. The number of epoxide rings is 1. The molecule has 0 aromatic heterocycles. The van der Waals surface area contributed by atoms with Crippen LogP contribution in [0.1, 0.15) is 593 Å². The summed E-state index contributed by atoms with van der Waals surface area (Å²) in [5.41, 5.74) is -3.66. The first-order valence-electron chi connectivity index (χ1n) is 57.6. The van der Waals surface area contributed by atoms with Gasteiger partial charge in [-0.15, -0.1) is 0 Å². The molecule has 3 fully saturated rings. The number of aliphatic hydroxyl groups excluding tert-OH is 1. The molecule has 0 saturated carbocycles. The monoisotopic (exact) mass is 1790 g/mol. The molecule has 0 amide bonds. The third-order valence-electron chi connectivity index (χ3n) is 33.6. The average Bonchev–Trinajstić information content (AvgIpc) is 1.64. The van der Waals surface area contributed by atoms with Crippen molar-refractivity contribution in [1.82, 2.24) is 0 Å². The first-order valence-corrected chi connectivity index (χ1v) is 57.6. The molecule has 0 bridgehead atoms. The minimum Gasteiger partial charge on any atom is -0.390 e. The Morgan fingerprint density at radius 1 is 0.260 bits per heavy atom. The van der Waals surface area contributed by atoms with Crippen molar-refractivity contribution in [3.8, 4) is 0 Å². The van der Waals surface area contributed by atoms with E-state index in [2.05, 4.69) is 208 Å². The molecule has 0 spiro atoms. The van der Waals surface area contributed by atoms with E-state index in [0.29, 0.717) is 36.0 Å². The zero-order chi connectivity index (χ0) is 94.8. The molecule has 7 nitrogen and oxygen atoms in total. The van der Waals surface area contributed by atoms with Gasteiger partial charge in [-0.25, -0.2) is 0 Å². The smallest absolute Gasteiger partial charge is 0.0923 e. The molecular weight excluding hydrogens is 1550 g/mol. The van der Waals surface area contributed by atoms with Gasteiger partial charge in [0.25, 0.3) is 0 Å². The summed E-state index contributed by atoms with van der Waals surface area (Å²) in [7, 11) is 0. The quantitative estimate of drug-likeness (QED) is 0.0587. The van der Waals surface area contributed by atoms with E-state index >= 15 is 0 Å². The maximum absolute atomic E-state index is 13.4. The highest BCUT2D eigenvalue weighted by Crippen LogP contribution is 2.50. The molecule has 0 aliphatic carbocycles. The molecule has 24 atom stereocenters. The number of hydrogen-bond donors (Lipinski definition) is 2. The lowest BCUT2D eigenvalue weighted by Gasteiger charge is -2.48. The van der Waals surface area contributed by atoms with E-state index in [9.17, 15) is 10.2 Å². The van der Waals surface area contributed by atoms with Gasteiger partial charge in [-0.05, 0) is 225 Å². The lowest BCUT2D eigenvalue weighted by Crippen LogP contribution is -2.56. The minimum atomic E-state index is -0.914. The van der Waals surface area contributed by atoms with Crippen LogP contribution in [0.25, 0.3) is 0 Å². The Kier molecular flexibility index (Phi) is 62.4. The molecule has 2 N–H and O–H groups in total. The Labute approximate surface area is 798 Å². The SMILES string of the molecule is CC(C)CCCC(C)CCCC(C)CCCC(C)(O)C1CCC(C(C)(CCCC(C)CCCC(C)CCCC(C)C)OC(C)(CCCC(C)CCCC(C)CCCC(C)C)C2CCC(C(C)(CCCC(C)CCCC(C)CCCC(C)C)OC(C)(CCCC(C)CCCC(C)CCCC(C)C)C(O)CCC3OC3(C)CCCC(C)CCCC(C)CCCC(C)C)O2)O1. The molecule has 0 aromatic carbocycles. The van der Waals surface area contributed by atoms with Crippen LogP contribution in [0.3, 0.4) is 0 Å². The number of rotatable bonds is 84. The number of hydrogen-bond acceptors (Lipinski definition) is 7. The van der Waals surface area contributed by atoms with Crippen LogP contribution in [0.15, 0.2) is 0 Å². The summed E-state index contributed by atoms with van der Waals surface area (Å²) in [6.07, 6.45) is 71.2. The molecule has 0 aromatic rings. The van der Waals surface area contributed by atoms with Crippen molar-refractivity contribution >= 4 is 0 Å². The van der Waals surface area contributed by atoms with E-state index in [4.69, 9.17) is 23.7 Å². The summed E-state index contributed by atoms with van der Waals surface area (Å²) in [6.45, 7) is 72.7. The van der Waals surface area contributed by atoms with Gasteiger partial charge >= 0.3 is 0 Å². The van der Waals surface area contributed by atoms with Crippen LogP contribution < -0.4 is 0 Å². The van der Waals surface area contributed by atoms with Gasteiger partial charge in [0.2, 0.25) is 0 Å². The van der Waals surface area contributed by atoms with Crippen LogP contribution >= 0.6 is 0 Å². The van der Waals surface area contributed by atoms with E-state index in [1.54, 1.807) is 0 Å². The Morgan fingerprint density at radius 3 is 0.724 bits per heavy atom. The lowest BCUT2D eigenvalue weighted by atomic mass is 9.82. The van der Waals surface area contributed by atoms with Crippen LogP contribution in [0.2, 0.25) is 0 Å². The summed E-state index contributed by atoms with van der Waals surface area (Å²) in [5, 5.41) is 26.2. The van der Waals surface area contributed by atoms with Crippen molar-refractivity contribution in [2.45, 2.75) is 663 Å². The Morgan fingerprint density at radius 2 is 0.465 bits per heavy atom. The van der Waals surface area contributed by atoms with Gasteiger partial charge in [-0.2, -0.15) is 0 Å². The topological polar surface area (TPSA) is 89.9 Å². The van der Waals surface area contributed by atoms with Crippen molar-refractivity contribution < 1.29 is 33.9 Å². The van der Waals surface area contributed by atoms with Crippen molar-refractivity contribution in [2.75, 3.05) is 0 Å². The highest BCUT2D eigenvalue weighted by molar-refractivity contribution is 5.05. The van der Waals surface area contributed by atoms with E-state index in [0.717, 1.165) is 193 Å². The number of aliphatic hydroxyl groups is 2. The molecule has 127 heavy (non-hydrogen) atoms. The average molecular weight is 1790 g/mol. The van der Waals surface area contributed by atoms with E-state index < -0.39 is 34.1 Å². The van der Waals surface area contributed by atoms with Crippen LogP contribution in [0.4, 0.5) is 0 Å². The third-order valence-corrected chi connectivity index (χ3v) is 33.6. The van der Waals surface area contributed by atoms with Crippen molar-refractivity contribution in [1.29, 1.82) is 0 Å². The Bertz CT molecular complexity index is 2600. The Balaban J connectivity index is 2.15. The molecule has 3 rings (SSSR count). The van der Waals surface area contributed by atoms with Crippen LogP contribution in [-0.4, -0.2) is 80.4 Å². The second-order valence-electron chi connectivity index (χ2n) is 51.4. The van der Waals surface area contributed by atoms with Crippen LogP contribution in [-0.2, 0) is 23.7 Å². The molecule has 24 unspecified atom stereocenters. The zero-order valence-electron chi connectivity index (χ0n) is 92.2. The van der Waals surface area contributed by atoms with Gasteiger partial charge in [0.1, 0.15) is 0 Å². The normalized spacial score (nSPS) is 23.9. The van der Waals surface area contributed by atoms with E-state index in [1.165, 1.54) is 263 Å². The second-order valence-corrected chi connectivity index (χ2v) is 51.4. The van der Waals surface area contributed by atoms with E-state index in [-0.39, 0.29) is 36.1 Å². The van der Waals surface area contributed by atoms with Crippen molar-refractivity contribution in [2.24, 2.45) is 107 Å². The van der Waals surface area contributed by atoms with Gasteiger partial charge in [0.15, 0.2) is 0 Å². The summed E-state index contributed by atoms with van der Waals surface area (Å²) < 4.78 is 39.1. The molecule has 758 valence electrons. The molecule has 3 aliphatic heterocycles. The summed E-state index contributed by atoms with van der Waals surface area (Å²) in [4.78, 5) is 0. The zero-order valence-corrected chi connectivity index (χ0v) is 92.2. The first kappa shape index (κ1) is 121. The fraction of sp³-hybridized carbons (Fsp3) is 1.00. The largest absolute Gasteiger partial charge is 0.390 e. The molecule has 3 heterocycles. The fourth-order valence-electron chi connectivity index (χ4n) is 23.6. The summed E-state index contributed by atoms with van der Waals surface area (Å²) >= 11 is 0. The molecular formula is C120H236O7. The van der Waals surface area contributed by atoms with Crippen LogP contribution in [0.5, 0.6) is 0 Å². The van der Waals surface area contributed by atoms with Crippen molar-refractivity contribution in [3.63, 3.8) is 0 Å². The van der Waals surface area contributed by atoms with Gasteiger partial charge < -0.3 is 33.9 Å². The second kappa shape index (κ2) is 65.6. The van der Waals surface area contributed by atoms with Gasteiger partial charge in [-0.1, -0.05) is 474 Å². The maximum atomic E-state index is 13.4. The van der Waals surface area contributed by atoms with Gasteiger partial charge in [-0.3, -0.25) is 0 Å². The predicted octanol–water partition coefficient (Wildman–Crippen LogP) is 37.8. The summed E-state index contributed by atoms with van der Waals surface area (Å²) in [6, 6.07) is 0. The van der Waals surface area contributed by atoms with Gasteiger partial charge in [0.05, 0.1) is 70.2 Å². The number of ether oxygens (including phenoxy) is 5. The Hall–Kier alpha value is -0.280. The molecule has 0 radical (unpaired) electrons. The van der Waals surface area contributed by atoms with E-state index in [1.807, 2.05) is 0 Å². The predicted molar refractivity (Wildman–Crippen MR) is 559 cm³/mol. The van der Waals surface area contributed by atoms with Crippen molar-refractivity contribution in [3.05, 3.63) is 0 Å². The molecule has 3 saturated heterocycles. The highest BCUT2D eigenvalue weighted by atomic mass is 16.6. The highest BCUT2D eigenvalue weighted by Gasteiger charge is 2.56. The minimum absolute atomic E-state index is 0.112. The fourth-order valence-corrected chi connectivity index (χ4v) is 23.6. The maximum Gasteiger partial charge on any atom is 0.0923 e. The lowest BCUT2D eigenvalue weighted by molar-refractivity contribution is -0.263.